The Balaban J connectivity index is 2.59. The summed E-state index contributed by atoms with van der Waals surface area (Å²) in [6, 6.07) is 0. The third kappa shape index (κ3) is 2.17. The van der Waals surface area contributed by atoms with E-state index < -0.39 is 0 Å². The van der Waals surface area contributed by atoms with Gasteiger partial charge in [-0.1, -0.05) is 13.8 Å². The molecule has 1 N–H and O–H groups in total. The molecule has 0 saturated carbocycles. The Hall–Kier alpha value is -0.0800. The van der Waals surface area contributed by atoms with Crippen molar-refractivity contribution in [1.82, 2.24) is 5.32 Å². The highest BCUT2D eigenvalue weighted by molar-refractivity contribution is 4.91. The molecular formula is C9H19NO. The standard InChI is InChI=1S/C9H19NO/c1-8(2)5-9(3,10-4)7-11-6-8/h10H,5-7H2,1-4H3. The lowest BCUT2D eigenvalue weighted by Crippen LogP contribution is -2.52. The first-order valence-electron chi connectivity index (χ1n) is 4.24. The maximum atomic E-state index is 5.53. The van der Waals surface area contributed by atoms with Crippen LogP contribution in [0.1, 0.15) is 27.2 Å². The molecule has 0 bridgehead atoms. The summed E-state index contributed by atoms with van der Waals surface area (Å²) in [4.78, 5) is 0. The van der Waals surface area contributed by atoms with Gasteiger partial charge in [0.25, 0.3) is 0 Å². The van der Waals surface area contributed by atoms with Crippen LogP contribution in [0.5, 0.6) is 0 Å². The van der Waals surface area contributed by atoms with Crippen molar-refractivity contribution < 1.29 is 4.74 Å². The van der Waals surface area contributed by atoms with Crippen LogP contribution in [0, 0.1) is 5.41 Å². The molecule has 1 aliphatic heterocycles. The average Bonchev–Trinajstić information content (AvgIpc) is 1.85. The second kappa shape index (κ2) is 2.76. The van der Waals surface area contributed by atoms with Gasteiger partial charge < -0.3 is 10.1 Å². The highest BCUT2D eigenvalue weighted by atomic mass is 16.5. The minimum atomic E-state index is 0.182. The average molecular weight is 157 g/mol. The largest absolute Gasteiger partial charge is 0.379 e. The van der Waals surface area contributed by atoms with Gasteiger partial charge in [0.05, 0.1) is 13.2 Å². The maximum absolute atomic E-state index is 5.53. The minimum absolute atomic E-state index is 0.182. The molecule has 0 aromatic carbocycles. The fourth-order valence-corrected chi connectivity index (χ4v) is 1.87. The van der Waals surface area contributed by atoms with Gasteiger partial charge >= 0.3 is 0 Å². The van der Waals surface area contributed by atoms with E-state index in [-0.39, 0.29) is 5.54 Å². The second-order valence-corrected chi connectivity index (χ2v) is 4.64. The molecule has 0 radical (unpaired) electrons. The van der Waals surface area contributed by atoms with Crippen molar-refractivity contribution in [1.29, 1.82) is 0 Å². The van der Waals surface area contributed by atoms with Gasteiger partial charge in [-0.2, -0.15) is 0 Å². The molecule has 2 nitrogen and oxygen atoms in total. The van der Waals surface area contributed by atoms with Crippen molar-refractivity contribution in [2.24, 2.45) is 5.41 Å². The van der Waals surface area contributed by atoms with Gasteiger partial charge in [0.15, 0.2) is 0 Å². The van der Waals surface area contributed by atoms with Gasteiger partial charge in [-0.3, -0.25) is 0 Å². The molecule has 1 rings (SSSR count). The lowest BCUT2D eigenvalue weighted by Gasteiger charge is -2.42. The zero-order valence-electron chi connectivity index (χ0n) is 8.03. The summed E-state index contributed by atoms with van der Waals surface area (Å²) < 4.78 is 5.53. The first-order chi connectivity index (χ1) is 4.97. The van der Waals surface area contributed by atoms with Crippen LogP contribution < -0.4 is 5.32 Å². The Labute approximate surface area is 69.3 Å². The predicted octanol–water partition coefficient (Wildman–Crippen LogP) is 1.41. The number of ether oxygens (including phenoxy) is 1. The van der Waals surface area contributed by atoms with Gasteiger partial charge in [-0.25, -0.2) is 0 Å². The second-order valence-electron chi connectivity index (χ2n) is 4.64. The zero-order chi connectivity index (χ0) is 8.54. The Morgan fingerprint density at radius 3 is 2.18 bits per heavy atom. The van der Waals surface area contributed by atoms with Crippen LogP contribution in [-0.2, 0) is 4.74 Å². The zero-order valence-corrected chi connectivity index (χ0v) is 8.03. The van der Waals surface area contributed by atoms with E-state index >= 15 is 0 Å². The number of rotatable bonds is 1. The van der Waals surface area contributed by atoms with E-state index in [1.807, 2.05) is 7.05 Å². The third-order valence-electron chi connectivity index (χ3n) is 2.39. The summed E-state index contributed by atoms with van der Waals surface area (Å²) in [5, 5.41) is 3.31. The highest BCUT2D eigenvalue weighted by Crippen LogP contribution is 2.32. The molecule has 0 aliphatic carbocycles. The van der Waals surface area contributed by atoms with E-state index in [0.717, 1.165) is 13.2 Å². The molecule has 1 atom stereocenters. The monoisotopic (exact) mass is 157 g/mol. The smallest absolute Gasteiger partial charge is 0.0645 e. The van der Waals surface area contributed by atoms with E-state index in [1.165, 1.54) is 6.42 Å². The van der Waals surface area contributed by atoms with E-state index in [0.29, 0.717) is 5.41 Å². The van der Waals surface area contributed by atoms with Crippen LogP contribution in [0.3, 0.4) is 0 Å². The molecular weight excluding hydrogens is 138 g/mol. The van der Waals surface area contributed by atoms with Gasteiger partial charge in [-0.15, -0.1) is 0 Å². The van der Waals surface area contributed by atoms with E-state index in [9.17, 15) is 0 Å². The summed E-state index contributed by atoms with van der Waals surface area (Å²) in [5.74, 6) is 0. The highest BCUT2D eigenvalue weighted by Gasteiger charge is 2.35. The summed E-state index contributed by atoms with van der Waals surface area (Å²) in [5.41, 5.74) is 0.512. The van der Waals surface area contributed by atoms with Crippen molar-refractivity contribution in [2.45, 2.75) is 32.7 Å². The summed E-state index contributed by atoms with van der Waals surface area (Å²) in [7, 11) is 2.00. The van der Waals surface area contributed by atoms with E-state index in [1.54, 1.807) is 0 Å². The van der Waals surface area contributed by atoms with Crippen LogP contribution in [0.4, 0.5) is 0 Å². The Morgan fingerprint density at radius 1 is 1.18 bits per heavy atom. The molecule has 1 unspecified atom stereocenters. The number of hydrogen-bond donors (Lipinski definition) is 1. The van der Waals surface area contributed by atoms with Crippen molar-refractivity contribution in [3.05, 3.63) is 0 Å². The molecule has 1 fully saturated rings. The van der Waals surface area contributed by atoms with E-state index in [2.05, 4.69) is 26.1 Å². The molecule has 1 saturated heterocycles. The fraction of sp³-hybridized carbons (Fsp3) is 1.00. The van der Waals surface area contributed by atoms with Crippen LogP contribution in [0.2, 0.25) is 0 Å². The van der Waals surface area contributed by atoms with Crippen molar-refractivity contribution in [2.75, 3.05) is 20.3 Å². The van der Waals surface area contributed by atoms with Crippen LogP contribution >= 0.6 is 0 Å². The first-order valence-corrected chi connectivity index (χ1v) is 4.24. The van der Waals surface area contributed by atoms with Gasteiger partial charge in [0.1, 0.15) is 0 Å². The lowest BCUT2D eigenvalue weighted by molar-refractivity contribution is -0.0420. The Morgan fingerprint density at radius 2 is 1.82 bits per heavy atom. The lowest BCUT2D eigenvalue weighted by atomic mass is 9.78. The SMILES string of the molecule is CNC1(C)COCC(C)(C)C1. The Bertz CT molecular complexity index is 144. The predicted molar refractivity (Wildman–Crippen MR) is 46.7 cm³/mol. The normalized spacial score (nSPS) is 37.1. The molecule has 2 heteroatoms. The van der Waals surface area contributed by atoms with Crippen LogP contribution in [0.15, 0.2) is 0 Å². The van der Waals surface area contributed by atoms with E-state index in [4.69, 9.17) is 4.74 Å². The summed E-state index contributed by atoms with van der Waals surface area (Å²) >= 11 is 0. The topological polar surface area (TPSA) is 21.3 Å². The molecule has 0 aromatic heterocycles. The van der Waals surface area contributed by atoms with Crippen LogP contribution in [-0.4, -0.2) is 25.8 Å². The minimum Gasteiger partial charge on any atom is -0.379 e. The number of hydrogen-bond acceptors (Lipinski definition) is 2. The molecule has 0 aromatic rings. The van der Waals surface area contributed by atoms with Crippen molar-refractivity contribution in [3.63, 3.8) is 0 Å². The fourth-order valence-electron chi connectivity index (χ4n) is 1.87. The summed E-state index contributed by atoms with van der Waals surface area (Å²) in [6.45, 7) is 8.45. The molecule has 0 spiro atoms. The van der Waals surface area contributed by atoms with Crippen LogP contribution in [0.25, 0.3) is 0 Å². The number of likely N-dealkylation sites (N-methyl/N-ethyl adjacent to an activating group) is 1. The molecule has 11 heavy (non-hydrogen) atoms. The van der Waals surface area contributed by atoms with Crippen molar-refractivity contribution >= 4 is 0 Å². The third-order valence-corrected chi connectivity index (χ3v) is 2.39. The molecule has 0 amide bonds. The molecule has 1 heterocycles. The van der Waals surface area contributed by atoms with Gasteiger partial charge in [-0.05, 0) is 25.8 Å². The molecule has 1 aliphatic rings. The van der Waals surface area contributed by atoms with Gasteiger partial charge in [0, 0.05) is 5.54 Å². The molecule has 66 valence electrons. The van der Waals surface area contributed by atoms with Crippen molar-refractivity contribution in [3.8, 4) is 0 Å². The maximum Gasteiger partial charge on any atom is 0.0645 e. The quantitative estimate of drug-likeness (QED) is 0.621. The van der Waals surface area contributed by atoms with Gasteiger partial charge in [0.2, 0.25) is 0 Å². The Kier molecular flexibility index (Phi) is 2.26. The number of nitrogens with one attached hydrogen (secondary N) is 1. The first kappa shape index (κ1) is 9.01. The summed E-state index contributed by atoms with van der Waals surface area (Å²) in [6.07, 6.45) is 1.19.